The Hall–Kier alpha value is -2.64. The van der Waals surface area contributed by atoms with E-state index < -0.39 is 0 Å². The highest BCUT2D eigenvalue weighted by atomic mass is 16.5. The number of carbonyl (C=O) groups is 1. The van der Waals surface area contributed by atoms with Crippen LogP contribution in [0.25, 0.3) is 0 Å². The van der Waals surface area contributed by atoms with E-state index in [9.17, 15) is 4.79 Å². The van der Waals surface area contributed by atoms with E-state index in [4.69, 9.17) is 14.7 Å². The Balaban J connectivity index is 1.35. The largest absolute Gasteiger partial charge is 0.469 e. The summed E-state index contributed by atoms with van der Waals surface area (Å²) in [5.41, 5.74) is 2.12. The molecule has 0 aromatic carbocycles. The molecule has 178 valence electrons. The minimum absolute atomic E-state index is 0.123. The van der Waals surface area contributed by atoms with Crippen molar-refractivity contribution in [1.82, 2.24) is 20.2 Å². The number of piperidine rings is 1. The van der Waals surface area contributed by atoms with Crippen LogP contribution in [0.3, 0.4) is 0 Å². The number of aromatic amines is 1. The SMILES string of the molecule is COC(=O)C[C@H]1C[C@@H](C2CCCCC2)CN(c2nc(C)cc(Nc3cc(C4CC4)[nH]n3)n2)C1. The number of methoxy groups -OCH3 is 1. The first-order valence-electron chi connectivity index (χ1n) is 12.6. The molecule has 2 aromatic rings. The molecule has 1 aliphatic heterocycles. The van der Waals surface area contributed by atoms with Gasteiger partial charge in [-0.05, 0) is 43.9 Å². The Morgan fingerprint density at radius 2 is 1.91 bits per heavy atom. The van der Waals surface area contributed by atoms with Crippen molar-refractivity contribution >= 4 is 23.6 Å². The Kier molecular flexibility index (Phi) is 6.51. The lowest BCUT2D eigenvalue weighted by molar-refractivity contribution is -0.141. The lowest BCUT2D eigenvalue weighted by Gasteiger charge is -2.42. The maximum atomic E-state index is 12.1. The average Bonchev–Trinajstić information content (AvgIpc) is 3.58. The van der Waals surface area contributed by atoms with E-state index >= 15 is 0 Å². The highest BCUT2D eigenvalue weighted by molar-refractivity contribution is 5.69. The van der Waals surface area contributed by atoms with E-state index in [0.717, 1.165) is 48.7 Å². The zero-order valence-electron chi connectivity index (χ0n) is 19.8. The second-order valence-corrected chi connectivity index (χ2v) is 10.2. The minimum atomic E-state index is -0.123. The summed E-state index contributed by atoms with van der Waals surface area (Å²) in [6.07, 6.45) is 10.6. The van der Waals surface area contributed by atoms with Gasteiger partial charge in [-0.1, -0.05) is 32.1 Å². The molecule has 2 aromatic heterocycles. The standard InChI is InChI=1S/C25H36N6O2/c1-16-10-22(27-23-13-21(29-30-23)19-8-9-19)28-25(26-16)31-14-17(12-24(32)33-2)11-20(15-31)18-6-4-3-5-7-18/h10,13,17-20H,3-9,11-12,14-15H2,1-2H3,(H2,26,27,28,29,30)/t17-,20-/m1/s1. The molecule has 3 heterocycles. The number of anilines is 3. The number of rotatable bonds is 7. The topological polar surface area (TPSA) is 96.0 Å². The molecule has 2 aliphatic carbocycles. The van der Waals surface area contributed by atoms with Gasteiger partial charge in [-0.15, -0.1) is 0 Å². The third kappa shape index (κ3) is 5.47. The van der Waals surface area contributed by atoms with Gasteiger partial charge in [0.25, 0.3) is 0 Å². The van der Waals surface area contributed by atoms with Gasteiger partial charge < -0.3 is 15.0 Å². The fraction of sp³-hybridized carbons (Fsp3) is 0.680. The van der Waals surface area contributed by atoms with E-state index in [-0.39, 0.29) is 11.9 Å². The first-order valence-corrected chi connectivity index (χ1v) is 12.6. The molecular weight excluding hydrogens is 416 g/mol. The number of hydrogen-bond acceptors (Lipinski definition) is 7. The van der Waals surface area contributed by atoms with Gasteiger partial charge in [0.15, 0.2) is 5.82 Å². The number of aromatic nitrogens is 4. The van der Waals surface area contributed by atoms with Crippen LogP contribution in [0.1, 0.15) is 75.1 Å². The zero-order chi connectivity index (χ0) is 22.8. The Labute approximate surface area is 195 Å². The van der Waals surface area contributed by atoms with E-state index in [0.29, 0.717) is 18.3 Å². The second kappa shape index (κ2) is 9.69. The van der Waals surface area contributed by atoms with Gasteiger partial charge in [0.05, 0.1) is 13.5 Å². The van der Waals surface area contributed by atoms with Gasteiger partial charge in [0.2, 0.25) is 5.95 Å². The van der Waals surface area contributed by atoms with Gasteiger partial charge >= 0.3 is 5.97 Å². The lowest BCUT2D eigenvalue weighted by atomic mass is 9.73. The van der Waals surface area contributed by atoms with Gasteiger partial charge in [0, 0.05) is 42.5 Å². The van der Waals surface area contributed by atoms with Crippen LogP contribution in [0.4, 0.5) is 17.6 Å². The Morgan fingerprint density at radius 3 is 2.67 bits per heavy atom. The van der Waals surface area contributed by atoms with Crippen LogP contribution < -0.4 is 10.2 Å². The van der Waals surface area contributed by atoms with Crippen molar-refractivity contribution in [3.8, 4) is 0 Å². The van der Waals surface area contributed by atoms with Crippen LogP contribution in [0, 0.1) is 24.7 Å². The van der Waals surface area contributed by atoms with Crippen molar-refractivity contribution in [2.75, 3.05) is 30.4 Å². The summed E-state index contributed by atoms with van der Waals surface area (Å²) >= 11 is 0. The number of nitrogens with zero attached hydrogens (tertiary/aromatic N) is 4. The fourth-order valence-corrected chi connectivity index (χ4v) is 5.72. The Bertz CT molecular complexity index is 966. The monoisotopic (exact) mass is 452 g/mol. The molecule has 0 bridgehead atoms. The number of carbonyl (C=O) groups excluding carboxylic acids is 1. The number of nitrogens with one attached hydrogen (secondary N) is 2. The molecule has 0 unspecified atom stereocenters. The quantitative estimate of drug-likeness (QED) is 0.587. The number of hydrogen-bond donors (Lipinski definition) is 2. The molecule has 0 spiro atoms. The van der Waals surface area contributed by atoms with E-state index in [1.165, 1.54) is 57.7 Å². The second-order valence-electron chi connectivity index (χ2n) is 10.2. The average molecular weight is 453 g/mol. The summed E-state index contributed by atoms with van der Waals surface area (Å²) in [6, 6.07) is 4.05. The molecule has 1 saturated heterocycles. The molecule has 5 rings (SSSR count). The predicted molar refractivity (Wildman–Crippen MR) is 128 cm³/mol. The molecule has 8 heteroatoms. The first-order chi connectivity index (χ1) is 16.1. The summed E-state index contributed by atoms with van der Waals surface area (Å²) < 4.78 is 4.99. The number of H-pyrrole nitrogens is 1. The predicted octanol–water partition coefficient (Wildman–Crippen LogP) is 4.72. The lowest BCUT2D eigenvalue weighted by Crippen LogP contribution is -2.45. The highest BCUT2D eigenvalue weighted by Crippen LogP contribution is 2.40. The van der Waals surface area contributed by atoms with Crippen LogP contribution >= 0.6 is 0 Å². The molecule has 33 heavy (non-hydrogen) atoms. The van der Waals surface area contributed by atoms with Crippen LogP contribution in [0.15, 0.2) is 12.1 Å². The molecular formula is C25H36N6O2. The maximum Gasteiger partial charge on any atom is 0.305 e. The van der Waals surface area contributed by atoms with Crippen molar-refractivity contribution < 1.29 is 9.53 Å². The first kappa shape index (κ1) is 22.2. The van der Waals surface area contributed by atoms with Gasteiger partial charge in [-0.25, -0.2) is 4.98 Å². The van der Waals surface area contributed by atoms with Crippen molar-refractivity contribution in [2.24, 2.45) is 17.8 Å². The van der Waals surface area contributed by atoms with Crippen LogP contribution in [-0.2, 0) is 9.53 Å². The normalized spacial score (nSPS) is 24.0. The summed E-state index contributed by atoms with van der Waals surface area (Å²) in [5, 5.41) is 10.9. The minimum Gasteiger partial charge on any atom is -0.469 e. The van der Waals surface area contributed by atoms with Crippen molar-refractivity contribution in [1.29, 1.82) is 0 Å². The fourth-order valence-electron chi connectivity index (χ4n) is 5.72. The third-order valence-electron chi connectivity index (χ3n) is 7.57. The summed E-state index contributed by atoms with van der Waals surface area (Å²) in [4.78, 5) is 24.0. The molecule has 8 nitrogen and oxygen atoms in total. The summed E-state index contributed by atoms with van der Waals surface area (Å²) in [7, 11) is 1.48. The Morgan fingerprint density at radius 1 is 1.09 bits per heavy atom. The number of aryl methyl sites for hydroxylation is 1. The molecule has 3 fully saturated rings. The zero-order valence-corrected chi connectivity index (χ0v) is 19.8. The number of ether oxygens (including phenoxy) is 1. The molecule has 0 amide bonds. The van der Waals surface area contributed by atoms with Crippen LogP contribution in [0.5, 0.6) is 0 Å². The third-order valence-corrected chi connectivity index (χ3v) is 7.57. The van der Waals surface area contributed by atoms with Gasteiger partial charge in [-0.3, -0.25) is 9.89 Å². The molecule has 2 atom stereocenters. The van der Waals surface area contributed by atoms with E-state index in [1.54, 1.807) is 0 Å². The molecule has 3 aliphatic rings. The summed E-state index contributed by atoms with van der Waals surface area (Å²) in [5.74, 6) is 4.38. The maximum absolute atomic E-state index is 12.1. The molecule has 2 N–H and O–H groups in total. The van der Waals surface area contributed by atoms with Crippen molar-refractivity contribution in [2.45, 2.75) is 70.6 Å². The highest BCUT2D eigenvalue weighted by Gasteiger charge is 2.35. The van der Waals surface area contributed by atoms with Crippen molar-refractivity contribution in [3.05, 3.63) is 23.5 Å². The van der Waals surface area contributed by atoms with Crippen LogP contribution in [0.2, 0.25) is 0 Å². The van der Waals surface area contributed by atoms with E-state index in [1.807, 2.05) is 13.0 Å². The van der Waals surface area contributed by atoms with Crippen LogP contribution in [-0.4, -0.2) is 46.3 Å². The van der Waals surface area contributed by atoms with Gasteiger partial charge in [0.1, 0.15) is 5.82 Å². The van der Waals surface area contributed by atoms with Crippen molar-refractivity contribution in [3.63, 3.8) is 0 Å². The summed E-state index contributed by atoms with van der Waals surface area (Å²) in [6.45, 7) is 3.75. The molecule has 2 saturated carbocycles. The molecule has 0 radical (unpaired) electrons. The van der Waals surface area contributed by atoms with E-state index in [2.05, 4.69) is 26.5 Å². The smallest absolute Gasteiger partial charge is 0.305 e. The number of esters is 1. The van der Waals surface area contributed by atoms with Gasteiger partial charge in [-0.2, -0.15) is 10.1 Å².